The molecule has 1 nitrogen and oxygen atoms in total. The average Bonchev–Trinajstić information content (AvgIpc) is 2.39. The smallest absolute Gasteiger partial charge is 0.0991 e. The second-order valence-electron chi connectivity index (χ2n) is 3.74. The van der Waals surface area contributed by atoms with Gasteiger partial charge in [-0.25, -0.2) is 0 Å². The lowest BCUT2D eigenvalue weighted by Crippen LogP contribution is -1.82. The zero-order valence-corrected chi connectivity index (χ0v) is 9.27. The fourth-order valence-corrected chi connectivity index (χ4v) is 1.67. The first-order valence-corrected chi connectivity index (χ1v) is 5.43. The maximum absolute atomic E-state index is 8.72. The van der Waals surface area contributed by atoms with Crippen molar-refractivity contribution in [3.8, 4) is 17.2 Å². The summed E-state index contributed by atoms with van der Waals surface area (Å²) in [6.07, 6.45) is 1.06. The summed E-state index contributed by atoms with van der Waals surface area (Å²) >= 11 is 0. The van der Waals surface area contributed by atoms with Crippen LogP contribution in [0.4, 0.5) is 0 Å². The molecule has 2 aromatic rings. The second-order valence-corrected chi connectivity index (χ2v) is 3.74. The van der Waals surface area contributed by atoms with Crippen molar-refractivity contribution < 1.29 is 0 Å². The molecule has 1 heteroatoms. The van der Waals surface area contributed by atoms with Gasteiger partial charge in [0.25, 0.3) is 0 Å². The summed E-state index contributed by atoms with van der Waals surface area (Å²) in [6.45, 7) is 2.15. The third-order valence-electron chi connectivity index (χ3n) is 2.71. The second kappa shape index (κ2) is 4.63. The normalized spacial score (nSPS) is 9.75. The Bertz CT molecular complexity index is 501. The van der Waals surface area contributed by atoms with Crippen molar-refractivity contribution in [2.45, 2.75) is 13.3 Å². The quantitative estimate of drug-likeness (QED) is 0.735. The van der Waals surface area contributed by atoms with Crippen molar-refractivity contribution in [3.63, 3.8) is 0 Å². The minimum Gasteiger partial charge on any atom is -0.192 e. The molecule has 0 spiro atoms. The number of benzene rings is 2. The fraction of sp³-hybridized carbons (Fsp3) is 0.133. The molecule has 0 bridgehead atoms. The minimum atomic E-state index is 0.703. The Labute approximate surface area is 96.0 Å². The average molecular weight is 207 g/mol. The zero-order valence-electron chi connectivity index (χ0n) is 9.27. The van der Waals surface area contributed by atoms with Crippen LogP contribution >= 0.6 is 0 Å². The number of aryl methyl sites for hydroxylation is 1. The summed E-state index contributed by atoms with van der Waals surface area (Å²) in [6, 6.07) is 18.3. The highest BCUT2D eigenvalue weighted by Crippen LogP contribution is 2.20. The Morgan fingerprint density at radius 3 is 1.81 bits per heavy atom. The molecule has 0 fully saturated rings. The van der Waals surface area contributed by atoms with E-state index in [1.165, 1.54) is 11.1 Å². The number of hydrogen-bond acceptors (Lipinski definition) is 1. The number of hydrogen-bond donors (Lipinski definition) is 0. The van der Waals surface area contributed by atoms with Gasteiger partial charge in [-0.2, -0.15) is 5.26 Å². The minimum absolute atomic E-state index is 0.703. The van der Waals surface area contributed by atoms with Gasteiger partial charge in [0, 0.05) is 0 Å². The summed E-state index contributed by atoms with van der Waals surface area (Å²) < 4.78 is 0. The molecule has 0 saturated heterocycles. The Balaban J connectivity index is 2.32. The highest BCUT2D eigenvalue weighted by atomic mass is 14.2. The molecular weight excluding hydrogens is 194 g/mol. The molecule has 16 heavy (non-hydrogen) atoms. The molecule has 0 amide bonds. The SMILES string of the molecule is CCc1ccc(-c2ccc(C#N)cc2)cc1. The molecule has 0 aliphatic heterocycles. The van der Waals surface area contributed by atoms with Gasteiger partial charge in [0.15, 0.2) is 0 Å². The molecule has 78 valence electrons. The van der Waals surface area contributed by atoms with Crippen molar-refractivity contribution in [2.24, 2.45) is 0 Å². The van der Waals surface area contributed by atoms with Gasteiger partial charge in [-0.15, -0.1) is 0 Å². The highest BCUT2D eigenvalue weighted by molar-refractivity contribution is 5.64. The van der Waals surface area contributed by atoms with Crippen LogP contribution in [0.15, 0.2) is 48.5 Å². The van der Waals surface area contributed by atoms with Crippen molar-refractivity contribution >= 4 is 0 Å². The van der Waals surface area contributed by atoms with Gasteiger partial charge in [0.2, 0.25) is 0 Å². The predicted molar refractivity (Wildman–Crippen MR) is 66.0 cm³/mol. The Morgan fingerprint density at radius 2 is 1.38 bits per heavy atom. The first-order valence-electron chi connectivity index (χ1n) is 5.43. The van der Waals surface area contributed by atoms with Gasteiger partial charge in [0.1, 0.15) is 0 Å². The van der Waals surface area contributed by atoms with E-state index in [4.69, 9.17) is 5.26 Å². The summed E-state index contributed by atoms with van der Waals surface area (Å²) in [5.41, 5.74) is 4.40. The van der Waals surface area contributed by atoms with Crippen LogP contribution in [-0.4, -0.2) is 0 Å². The number of rotatable bonds is 2. The van der Waals surface area contributed by atoms with Crippen LogP contribution in [0.1, 0.15) is 18.1 Å². The van der Waals surface area contributed by atoms with Crippen LogP contribution < -0.4 is 0 Å². The lowest BCUT2D eigenvalue weighted by molar-refractivity contribution is 1.14. The van der Waals surface area contributed by atoms with E-state index in [1.807, 2.05) is 24.3 Å². The largest absolute Gasteiger partial charge is 0.192 e. The number of nitrogens with zero attached hydrogens (tertiary/aromatic N) is 1. The van der Waals surface area contributed by atoms with Gasteiger partial charge in [-0.3, -0.25) is 0 Å². The Morgan fingerprint density at radius 1 is 0.875 bits per heavy atom. The topological polar surface area (TPSA) is 23.8 Å². The molecule has 2 rings (SSSR count). The summed E-state index contributed by atoms with van der Waals surface area (Å²) in [7, 11) is 0. The molecule has 0 radical (unpaired) electrons. The van der Waals surface area contributed by atoms with Crippen LogP contribution in [0.25, 0.3) is 11.1 Å². The molecule has 0 atom stereocenters. The maximum Gasteiger partial charge on any atom is 0.0991 e. The molecular formula is C15H13N. The molecule has 0 heterocycles. The Hall–Kier alpha value is -2.07. The molecule has 0 aliphatic carbocycles. The van der Waals surface area contributed by atoms with Gasteiger partial charge in [-0.05, 0) is 35.2 Å². The van der Waals surface area contributed by atoms with Crippen LogP contribution in [0.3, 0.4) is 0 Å². The van der Waals surface area contributed by atoms with Gasteiger partial charge < -0.3 is 0 Å². The molecule has 0 N–H and O–H groups in total. The van der Waals surface area contributed by atoms with Crippen LogP contribution in [0.2, 0.25) is 0 Å². The number of nitriles is 1. The fourth-order valence-electron chi connectivity index (χ4n) is 1.67. The molecule has 2 aromatic carbocycles. The van der Waals surface area contributed by atoms with Gasteiger partial charge in [-0.1, -0.05) is 43.3 Å². The van der Waals surface area contributed by atoms with Crippen LogP contribution in [0, 0.1) is 11.3 Å². The lowest BCUT2D eigenvalue weighted by atomic mass is 10.0. The van der Waals surface area contributed by atoms with Crippen LogP contribution in [-0.2, 0) is 6.42 Å². The zero-order chi connectivity index (χ0) is 11.4. The van der Waals surface area contributed by atoms with E-state index in [1.54, 1.807) is 0 Å². The highest BCUT2D eigenvalue weighted by Gasteiger charge is 1.97. The molecule has 0 unspecified atom stereocenters. The van der Waals surface area contributed by atoms with Crippen molar-refractivity contribution in [2.75, 3.05) is 0 Å². The van der Waals surface area contributed by atoms with E-state index in [0.717, 1.165) is 12.0 Å². The maximum atomic E-state index is 8.72. The van der Waals surface area contributed by atoms with E-state index in [-0.39, 0.29) is 0 Å². The summed E-state index contributed by atoms with van der Waals surface area (Å²) in [5.74, 6) is 0. The summed E-state index contributed by atoms with van der Waals surface area (Å²) in [5, 5.41) is 8.72. The Kier molecular flexibility index (Phi) is 3.03. The van der Waals surface area contributed by atoms with Crippen molar-refractivity contribution in [1.29, 1.82) is 5.26 Å². The lowest BCUT2D eigenvalue weighted by Gasteiger charge is -2.03. The first kappa shape index (κ1) is 10.4. The third kappa shape index (κ3) is 2.12. The van der Waals surface area contributed by atoms with Crippen LogP contribution in [0.5, 0.6) is 0 Å². The first-order chi connectivity index (χ1) is 7.83. The van der Waals surface area contributed by atoms with E-state index in [9.17, 15) is 0 Å². The summed E-state index contributed by atoms with van der Waals surface area (Å²) in [4.78, 5) is 0. The standard InChI is InChI=1S/C15H13N/c1-2-12-3-7-14(8-4-12)15-9-5-13(11-16)6-10-15/h3-10H,2H2,1H3. The monoisotopic (exact) mass is 207 g/mol. The van der Waals surface area contributed by atoms with E-state index in [0.29, 0.717) is 5.56 Å². The van der Waals surface area contributed by atoms with E-state index in [2.05, 4.69) is 37.3 Å². The molecule has 0 aromatic heterocycles. The van der Waals surface area contributed by atoms with Crippen molar-refractivity contribution in [3.05, 3.63) is 59.7 Å². The van der Waals surface area contributed by atoms with E-state index >= 15 is 0 Å². The third-order valence-corrected chi connectivity index (χ3v) is 2.71. The van der Waals surface area contributed by atoms with Gasteiger partial charge >= 0.3 is 0 Å². The van der Waals surface area contributed by atoms with E-state index < -0.39 is 0 Å². The molecule has 0 saturated carbocycles. The van der Waals surface area contributed by atoms with Crippen molar-refractivity contribution in [1.82, 2.24) is 0 Å². The molecule has 0 aliphatic rings. The predicted octanol–water partition coefficient (Wildman–Crippen LogP) is 3.79. The van der Waals surface area contributed by atoms with Gasteiger partial charge in [0.05, 0.1) is 11.6 Å².